The number of piperidine rings is 1. The molecule has 2 aliphatic carbocycles. The van der Waals surface area contributed by atoms with Crippen molar-refractivity contribution in [3.8, 4) is 0 Å². The quantitative estimate of drug-likeness (QED) is 0.612. The van der Waals surface area contributed by atoms with E-state index in [9.17, 15) is 14.7 Å². The molecule has 1 saturated heterocycles. The fraction of sp³-hybridized carbons (Fsp3) is 0.692. The lowest BCUT2D eigenvalue weighted by Gasteiger charge is -2.43. The van der Waals surface area contributed by atoms with Crippen LogP contribution in [-0.4, -0.2) is 49.6 Å². The number of carboxylic acid groups (broad SMARTS) is 1. The third-order valence-corrected chi connectivity index (χ3v) is 9.05. The molecule has 0 N–H and O–H groups in total. The number of amides is 1. The largest absolute Gasteiger partial charge is 0.544 e. The summed E-state index contributed by atoms with van der Waals surface area (Å²) in [5.41, 5.74) is 1.83. The summed E-state index contributed by atoms with van der Waals surface area (Å²) >= 11 is 1.30. The van der Waals surface area contributed by atoms with Crippen LogP contribution < -0.4 is 10.0 Å². The van der Waals surface area contributed by atoms with Gasteiger partial charge in [0.25, 0.3) is 0 Å². The predicted molar refractivity (Wildman–Crippen MR) is 129 cm³/mol. The summed E-state index contributed by atoms with van der Waals surface area (Å²) in [6.07, 6.45) is 12.4. The molecule has 1 amide bonds. The van der Waals surface area contributed by atoms with Crippen LogP contribution in [0.2, 0.25) is 0 Å². The SMILES string of the molecule is CC1CCC(C(=O)N(c2cc(C3=CCCCC3)sc2C(=O)[O-])C2CC[N+](C)(C)CC2)CC1. The van der Waals surface area contributed by atoms with Gasteiger partial charge >= 0.3 is 0 Å². The second-order valence-corrected chi connectivity index (χ2v) is 11.9. The average molecular weight is 459 g/mol. The molecular formula is C26H38N2O3S. The Hall–Kier alpha value is -1.66. The highest BCUT2D eigenvalue weighted by atomic mass is 32.1. The maximum atomic E-state index is 13.9. The summed E-state index contributed by atoms with van der Waals surface area (Å²) < 4.78 is 0.953. The molecule has 1 aromatic rings. The van der Waals surface area contributed by atoms with E-state index in [2.05, 4.69) is 27.1 Å². The Morgan fingerprint density at radius 2 is 1.75 bits per heavy atom. The van der Waals surface area contributed by atoms with Crippen molar-refractivity contribution in [2.24, 2.45) is 11.8 Å². The van der Waals surface area contributed by atoms with Crippen molar-refractivity contribution in [1.29, 1.82) is 0 Å². The van der Waals surface area contributed by atoms with Crippen LogP contribution in [0.1, 0.15) is 85.7 Å². The lowest BCUT2D eigenvalue weighted by Crippen LogP contribution is -2.54. The van der Waals surface area contributed by atoms with E-state index in [1.165, 1.54) is 23.3 Å². The molecule has 0 unspecified atom stereocenters. The first-order chi connectivity index (χ1) is 15.2. The van der Waals surface area contributed by atoms with Crippen molar-refractivity contribution in [3.05, 3.63) is 21.9 Å². The number of carboxylic acids is 1. The summed E-state index contributed by atoms with van der Waals surface area (Å²) in [5, 5.41) is 12.2. The van der Waals surface area contributed by atoms with Crippen LogP contribution in [0.3, 0.4) is 0 Å². The van der Waals surface area contributed by atoms with Gasteiger partial charge in [0.1, 0.15) is 0 Å². The highest BCUT2D eigenvalue weighted by Gasteiger charge is 2.38. The number of hydrogen-bond donors (Lipinski definition) is 0. The minimum atomic E-state index is -1.16. The summed E-state index contributed by atoms with van der Waals surface area (Å²) in [4.78, 5) is 29.2. The lowest BCUT2D eigenvalue weighted by molar-refractivity contribution is -0.895. The molecule has 32 heavy (non-hydrogen) atoms. The van der Waals surface area contributed by atoms with E-state index in [1.54, 1.807) is 0 Å². The van der Waals surface area contributed by atoms with Gasteiger partial charge in [-0.2, -0.15) is 0 Å². The van der Waals surface area contributed by atoms with Crippen molar-refractivity contribution >= 4 is 34.5 Å². The zero-order valence-electron chi connectivity index (χ0n) is 19.9. The monoisotopic (exact) mass is 458 g/mol. The lowest BCUT2D eigenvalue weighted by atomic mass is 9.82. The predicted octanol–water partition coefficient (Wildman–Crippen LogP) is 4.47. The Labute approximate surface area is 196 Å². The number of anilines is 1. The second-order valence-electron chi connectivity index (χ2n) is 10.9. The molecular weight excluding hydrogens is 420 g/mol. The van der Waals surface area contributed by atoms with E-state index in [0.717, 1.165) is 80.2 Å². The number of nitrogens with zero attached hydrogens (tertiary/aromatic N) is 2. The van der Waals surface area contributed by atoms with Crippen molar-refractivity contribution in [2.75, 3.05) is 32.1 Å². The molecule has 0 radical (unpaired) electrons. The number of thiophene rings is 1. The van der Waals surface area contributed by atoms with Crippen LogP contribution in [-0.2, 0) is 4.79 Å². The van der Waals surface area contributed by atoms with E-state index in [-0.39, 0.29) is 22.7 Å². The van der Waals surface area contributed by atoms with Gasteiger partial charge in [-0.3, -0.25) is 4.79 Å². The van der Waals surface area contributed by atoms with Crippen LogP contribution in [0, 0.1) is 11.8 Å². The van der Waals surface area contributed by atoms with Crippen LogP contribution in [0.15, 0.2) is 12.1 Å². The number of likely N-dealkylation sites (tertiary alicyclic amines) is 1. The average Bonchev–Trinajstić information content (AvgIpc) is 3.21. The first-order valence-corrected chi connectivity index (χ1v) is 13.3. The van der Waals surface area contributed by atoms with Gasteiger partial charge in [-0.1, -0.05) is 13.0 Å². The fourth-order valence-electron chi connectivity index (χ4n) is 5.64. The zero-order valence-corrected chi connectivity index (χ0v) is 20.7. The molecule has 176 valence electrons. The van der Waals surface area contributed by atoms with Crippen LogP contribution in [0.5, 0.6) is 0 Å². The molecule has 0 atom stereocenters. The molecule has 1 aliphatic heterocycles. The molecule has 0 bridgehead atoms. The molecule has 2 heterocycles. The maximum absolute atomic E-state index is 13.9. The molecule has 1 aromatic heterocycles. The standard InChI is InChI=1S/C26H38N2O3S/c1-18-9-11-20(12-10-18)25(29)27(21-13-15-28(2,3)16-14-21)22-17-23(32-24(22)26(30)31)19-7-5-4-6-8-19/h7,17-18,20-21H,4-6,8-16H2,1-3H3. The van der Waals surface area contributed by atoms with Gasteiger partial charge in [-0.15, -0.1) is 11.3 Å². The van der Waals surface area contributed by atoms with Gasteiger partial charge in [0, 0.05) is 29.7 Å². The highest BCUT2D eigenvalue weighted by Crippen LogP contribution is 2.41. The first kappa shape index (κ1) is 23.5. The van der Waals surface area contributed by atoms with E-state index < -0.39 is 5.97 Å². The van der Waals surface area contributed by atoms with Gasteiger partial charge in [0.15, 0.2) is 0 Å². The molecule has 0 spiro atoms. The number of rotatable bonds is 5. The number of carbonyl (C=O) groups is 2. The molecule has 3 aliphatic rings. The smallest absolute Gasteiger partial charge is 0.230 e. The van der Waals surface area contributed by atoms with E-state index >= 15 is 0 Å². The summed E-state index contributed by atoms with van der Waals surface area (Å²) in [7, 11) is 4.46. The van der Waals surface area contributed by atoms with Crippen molar-refractivity contribution in [1.82, 2.24) is 0 Å². The highest BCUT2D eigenvalue weighted by molar-refractivity contribution is 7.15. The van der Waals surface area contributed by atoms with Gasteiger partial charge in [0.2, 0.25) is 5.91 Å². The third-order valence-electron chi connectivity index (χ3n) is 7.87. The summed E-state index contributed by atoms with van der Waals surface area (Å²) in [5.74, 6) is -0.347. The Bertz CT molecular complexity index is 870. The fourth-order valence-corrected chi connectivity index (χ4v) is 6.69. The Balaban J connectivity index is 1.70. The third kappa shape index (κ3) is 5.12. The molecule has 6 heteroatoms. The molecule has 2 fully saturated rings. The Kier molecular flexibility index (Phi) is 7.11. The van der Waals surface area contributed by atoms with E-state index in [4.69, 9.17) is 0 Å². The number of quaternary nitrogens is 1. The minimum Gasteiger partial charge on any atom is -0.544 e. The van der Waals surface area contributed by atoms with Gasteiger partial charge in [0.05, 0.1) is 43.7 Å². The summed E-state index contributed by atoms with van der Waals surface area (Å²) in [6, 6.07) is 2.05. The Morgan fingerprint density at radius 3 is 2.34 bits per heavy atom. The van der Waals surface area contributed by atoms with Crippen LogP contribution in [0.4, 0.5) is 5.69 Å². The van der Waals surface area contributed by atoms with E-state index in [0.29, 0.717) is 11.6 Å². The van der Waals surface area contributed by atoms with Gasteiger partial charge in [-0.05, 0) is 68.9 Å². The minimum absolute atomic E-state index is 0.00229. The molecule has 5 nitrogen and oxygen atoms in total. The van der Waals surface area contributed by atoms with Gasteiger partial charge in [-0.25, -0.2) is 0 Å². The van der Waals surface area contributed by atoms with Crippen molar-refractivity contribution in [3.63, 3.8) is 0 Å². The van der Waals surface area contributed by atoms with Crippen LogP contribution >= 0.6 is 11.3 Å². The van der Waals surface area contributed by atoms with Gasteiger partial charge < -0.3 is 19.3 Å². The molecule has 4 rings (SSSR count). The molecule has 0 aromatic carbocycles. The second kappa shape index (κ2) is 9.68. The first-order valence-electron chi connectivity index (χ1n) is 12.4. The Morgan fingerprint density at radius 1 is 1.06 bits per heavy atom. The van der Waals surface area contributed by atoms with Crippen molar-refractivity contribution in [2.45, 2.75) is 77.2 Å². The normalized spacial score (nSPS) is 26.4. The topological polar surface area (TPSA) is 60.4 Å². The van der Waals surface area contributed by atoms with Crippen molar-refractivity contribution < 1.29 is 19.2 Å². The summed E-state index contributed by atoms with van der Waals surface area (Å²) in [6.45, 7) is 4.26. The van der Waals surface area contributed by atoms with E-state index in [1.807, 2.05) is 11.0 Å². The number of aromatic carboxylic acids is 1. The number of allylic oxidation sites excluding steroid dienone is 2. The number of hydrogen-bond acceptors (Lipinski definition) is 4. The molecule has 1 saturated carbocycles. The number of carbonyl (C=O) groups excluding carboxylic acids is 2. The maximum Gasteiger partial charge on any atom is 0.230 e. The zero-order chi connectivity index (χ0) is 22.9. The van der Waals surface area contributed by atoms with Crippen LogP contribution in [0.25, 0.3) is 5.57 Å².